The van der Waals surface area contributed by atoms with E-state index in [-0.39, 0.29) is 17.9 Å². The van der Waals surface area contributed by atoms with Crippen molar-refractivity contribution in [2.45, 2.75) is 58.4 Å². The van der Waals surface area contributed by atoms with Crippen LogP contribution in [0.15, 0.2) is 0 Å². The molecule has 2 N–H and O–H groups in total. The molecule has 0 aliphatic heterocycles. The molecule has 100 valence electrons. The number of hydrogen-bond donors (Lipinski definition) is 1. The van der Waals surface area contributed by atoms with E-state index in [1.54, 1.807) is 0 Å². The monoisotopic (exact) mass is 240 g/mol. The fourth-order valence-corrected chi connectivity index (χ4v) is 2.60. The van der Waals surface area contributed by atoms with Gasteiger partial charge in [-0.3, -0.25) is 4.79 Å². The highest BCUT2D eigenvalue weighted by atomic mass is 16.2. The molecule has 1 rings (SSSR count). The van der Waals surface area contributed by atoms with Gasteiger partial charge < -0.3 is 10.6 Å². The fourth-order valence-electron chi connectivity index (χ4n) is 2.60. The van der Waals surface area contributed by atoms with E-state index in [0.29, 0.717) is 5.92 Å². The number of nitrogens with two attached hydrogens (primary N) is 1. The van der Waals surface area contributed by atoms with Crippen LogP contribution >= 0.6 is 0 Å². The third kappa shape index (κ3) is 4.30. The summed E-state index contributed by atoms with van der Waals surface area (Å²) < 4.78 is 0. The highest BCUT2D eigenvalue weighted by Crippen LogP contribution is 2.24. The maximum atomic E-state index is 12.1. The lowest BCUT2D eigenvalue weighted by molar-refractivity contribution is -0.133. The fraction of sp³-hybridized carbons (Fsp3) is 0.929. The highest BCUT2D eigenvalue weighted by molar-refractivity contribution is 5.81. The van der Waals surface area contributed by atoms with Gasteiger partial charge in [0, 0.05) is 13.6 Å². The number of rotatable bonds is 5. The SMILES string of the molecule is CCC(C)C(N)C(=O)N(C)CC1CCCCC1. The maximum absolute atomic E-state index is 12.1. The van der Waals surface area contributed by atoms with Crippen LogP contribution in [0.4, 0.5) is 0 Å². The van der Waals surface area contributed by atoms with Crippen LogP contribution in [0.3, 0.4) is 0 Å². The van der Waals surface area contributed by atoms with E-state index in [0.717, 1.165) is 13.0 Å². The average molecular weight is 240 g/mol. The van der Waals surface area contributed by atoms with E-state index in [2.05, 4.69) is 13.8 Å². The average Bonchev–Trinajstić information content (AvgIpc) is 2.37. The van der Waals surface area contributed by atoms with Gasteiger partial charge in [-0.2, -0.15) is 0 Å². The molecule has 1 saturated carbocycles. The predicted molar refractivity (Wildman–Crippen MR) is 71.6 cm³/mol. The van der Waals surface area contributed by atoms with E-state index < -0.39 is 0 Å². The minimum absolute atomic E-state index is 0.116. The van der Waals surface area contributed by atoms with Gasteiger partial charge in [-0.05, 0) is 24.7 Å². The minimum atomic E-state index is -0.325. The predicted octanol–water partition coefficient (Wildman–Crippen LogP) is 2.40. The summed E-state index contributed by atoms with van der Waals surface area (Å²) in [5.41, 5.74) is 5.99. The van der Waals surface area contributed by atoms with Gasteiger partial charge in [-0.1, -0.05) is 39.5 Å². The minimum Gasteiger partial charge on any atom is -0.344 e. The molecule has 2 atom stereocenters. The molecule has 2 unspecified atom stereocenters. The quantitative estimate of drug-likeness (QED) is 0.802. The van der Waals surface area contributed by atoms with Crippen LogP contribution in [0.25, 0.3) is 0 Å². The van der Waals surface area contributed by atoms with Gasteiger partial charge >= 0.3 is 0 Å². The Morgan fingerprint density at radius 2 is 1.94 bits per heavy atom. The van der Waals surface area contributed by atoms with Crippen LogP contribution in [0, 0.1) is 11.8 Å². The summed E-state index contributed by atoms with van der Waals surface area (Å²) in [5, 5.41) is 0. The van der Waals surface area contributed by atoms with Crippen molar-refractivity contribution < 1.29 is 4.79 Å². The Kier molecular flexibility index (Phi) is 5.96. The second kappa shape index (κ2) is 7.00. The van der Waals surface area contributed by atoms with Crippen LogP contribution in [0.1, 0.15) is 52.4 Å². The van der Waals surface area contributed by atoms with E-state index in [4.69, 9.17) is 5.73 Å². The summed E-state index contributed by atoms with van der Waals surface area (Å²) in [6.45, 7) is 5.03. The molecular formula is C14H28N2O. The summed E-state index contributed by atoms with van der Waals surface area (Å²) >= 11 is 0. The number of carbonyl (C=O) groups is 1. The molecule has 0 aromatic heterocycles. The van der Waals surface area contributed by atoms with Crippen LogP contribution in [-0.2, 0) is 4.79 Å². The van der Waals surface area contributed by atoms with Gasteiger partial charge in [-0.15, -0.1) is 0 Å². The molecule has 3 heteroatoms. The first-order valence-electron chi connectivity index (χ1n) is 7.06. The van der Waals surface area contributed by atoms with Crippen LogP contribution in [-0.4, -0.2) is 30.4 Å². The lowest BCUT2D eigenvalue weighted by atomic mass is 9.88. The van der Waals surface area contributed by atoms with Gasteiger partial charge in [-0.25, -0.2) is 0 Å². The van der Waals surface area contributed by atoms with E-state index in [1.165, 1.54) is 32.1 Å². The van der Waals surface area contributed by atoms with Crippen molar-refractivity contribution in [3.63, 3.8) is 0 Å². The van der Waals surface area contributed by atoms with E-state index >= 15 is 0 Å². The van der Waals surface area contributed by atoms with Crippen molar-refractivity contribution in [3.05, 3.63) is 0 Å². The number of carbonyl (C=O) groups excluding carboxylic acids is 1. The van der Waals surface area contributed by atoms with E-state index in [1.807, 2.05) is 11.9 Å². The second-order valence-corrected chi connectivity index (χ2v) is 5.63. The summed E-state index contributed by atoms with van der Waals surface area (Å²) in [5.74, 6) is 1.09. The Bertz CT molecular complexity index is 236. The summed E-state index contributed by atoms with van der Waals surface area (Å²) in [6.07, 6.45) is 7.52. The smallest absolute Gasteiger partial charge is 0.239 e. The van der Waals surface area contributed by atoms with Crippen LogP contribution in [0.5, 0.6) is 0 Å². The molecule has 0 spiro atoms. The third-order valence-corrected chi connectivity index (χ3v) is 4.18. The summed E-state index contributed by atoms with van der Waals surface area (Å²) in [6, 6.07) is -0.325. The Hall–Kier alpha value is -0.570. The molecule has 1 aliphatic rings. The molecule has 1 amide bonds. The first-order valence-corrected chi connectivity index (χ1v) is 7.06. The zero-order valence-electron chi connectivity index (χ0n) is 11.6. The van der Waals surface area contributed by atoms with Gasteiger partial charge in [0.1, 0.15) is 0 Å². The van der Waals surface area contributed by atoms with E-state index in [9.17, 15) is 4.79 Å². The zero-order valence-corrected chi connectivity index (χ0v) is 11.6. The van der Waals surface area contributed by atoms with Gasteiger partial charge in [0.15, 0.2) is 0 Å². The first kappa shape index (κ1) is 14.5. The molecule has 0 aromatic carbocycles. The molecule has 17 heavy (non-hydrogen) atoms. The Balaban J connectivity index is 2.40. The molecule has 0 heterocycles. The molecular weight excluding hydrogens is 212 g/mol. The molecule has 0 radical (unpaired) electrons. The highest BCUT2D eigenvalue weighted by Gasteiger charge is 2.25. The van der Waals surface area contributed by atoms with Gasteiger partial charge in [0.05, 0.1) is 6.04 Å². The number of hydrogen-bond acceptors (Lipinski definition) is 2. The molecule has 0 bridgehead atoms. The Labute approximate surface area is 106 Å². The van der Waals surface area contributed by atoms with Gasteiger partial charge in [0.2, 0.25) is 5.91 Å². The standard InChI is InChI=1S/C14H28N2O/c1-4-11(2)13(15)14(17)16(3)10-12-8-6-5-7-9-12/h11-13H,4-10,15H2,1-3H3. The Morgan fingerprint density at radius 3 is 2.47 bits per heavy atom. The van der Waals surface area contributed by atoms with Crippen molar-refractivity contribution in [2.24, 2.45) is 17.6 Å². The Morgan fingerprint density at radius 1 is 1.35 bits per heavy atom. The normalized spacial score (nSPS) is 20.9. The molecule has 0 aromatic rings. The maximum Gasteiger partial charge on any atom is 0.239 e. The number of nitrogens with zero attached hydrogens (tertiary/aromatic N) is 1. The number of amides is 1. The molecule has 0 saturated heterocycles. The second-order valence-electron chi connectivity index (χ2n) is 5.63. The van der Waals surface area contributed by atoms with Gasteiger partial charge in [0.25, 0.3) is 0 Å². The van der Waals surface area contributed by atoms with Crippen LogP contribution < -0.4 is 5.73 Å². The molecule has 1 aliphatic carbocycles. The summed E-state index contributed by atoms with van der Waals surface area (Å²) in [4.78, 5) is 14.0. The molecule has 3 nitrogen and oxygen atoms in total. The first-order chi connectivity index (χ1) is 8.06. The third-order valence-electron chi connectivity index (χ3n) is 4.18. The van der Waals surface area contributed by atoms with Crippen molar-refractivity contribution in [1.82, 2.24) is 4.90 Å². The van der Waals surface area contributed by atoms with Crippen molar-refractivity contribution >= 4 is 5.91 Å². The van der Waals surface area contributed by atoms with Crippen LogP contribution in [0.2, 0.25) is 0 Å². The lowest BCUT2D eigenvalue weighted by Crippen LogP contribution is -2.46. The zero-order chi connectivity index (χ0) is 12.8. The topological polar surface area (TPSA) is 46.3 Å². The largest absolute Gasteiger partial charge is 0.344 e. The van der Waals surface area contributed by atoms with Crippen molar-refractivity contribution in [2.75, 3.05) is 13.6 Å². The molecule has 1 fully saturated rings. The number of likely N-dealkylation sites (N-methyl/N-ethyl adjacent to an activating group) is 1. The lowest BCUT2D eigenvalue weighted by Gasteiger charge is -2.30. The van der Waals surface area contributed by atoms with Crippen molar-refractivity contribution in [3.8, 4) is 0 Å². The summed E-state index contributed by atoms with van der Waals surface area (Å²) in [7, 11) is 1.90. The van der Waals surface area contributed by atoms with Crippen molar-refractivity contribution in [1.29, 1.82) is 0 Å².